The van der Waals surface area contributed by atoms with Crippen molar-refractivity contribution in [3.63, 3.8) is 0 Å². The minimum atomic E-state index is -0.290. The van der Waals surface area contributed by atoms with Crippen molar-refractivity contribution in [2.45, 2.75) is 0 Å². The summed E-state index contributed by atoms with van der Waals surface area (Å²) in [5.74, 6) is 0.182. The number of hydrogen-bond acceptors (Lipinski definition) is 3. The Balaban J connectivity index is 2.47. The fraction of sp³-hybridized carbons (Fsp3) is 0. The van der Waals surface area contributed by atoms with Gasteiger partial charge in [-0.05, 0) is 24.3 Å². The first-order chi connectivity index (χ1) is 6.27. The Hall–Kier alpha value is -1.84. The summed E-state index contributed by atoms with van der Waals surface area (Å²) < 4.78 is 17.4. The van der Waals surface area contributed by atoms with E-state index in [1.165, 1.54) is 18.3 Å². The second kappa shape index (κ2) is 2.90. The Morgan fingerprint density at radius 3 is 2.46 bits per heavy atom. The molecular formula is C9H7FN2O. The van der Waals surface area contributed by atoms with E-state index in [0.29, 0.717) is 11.4 Å². The molecule has 2 N–H and O–H groups in total. The molecule has 2 aromatic rings. The number of benzene rings is 1. The summed E-state index contributed by atoms with van der Waals surface area (Å²) in [6.45, 7) is 0. The van der Waals surface area contributed by atoms with Gasteiger partial charge in [-0.2, -0.15) is 0 Å². The smallest absolute Gasteiger partial charge is 0.189 e. The van der Waals surface area contributed by atoms with Gasteiger partial charge in [0.2, 0.25) is 0 Å². The maximum atomic E-state index is 12.6. The minimum Gasteiger partial charge on any atom is -0.394 e. The van der Waals surface area contributed by atoms with Gasteiger partial charge >= 0.3 is 0 Å². The number of anilines is 1. The third-order valence-corrected chi connectivity index (χ3v) is 1.70. The van der Waals surface area contributed by atoms with Crippen LogP contribution < -0.4 is 5.73 Å². The number of aromatic nitrogens is 1. The van der Waals surface area contributed by atoms with Crippen molar-refractivity contribution in [1.29, 1.82) is 0 Å². The van der Waals surface area contributed by atoms with E-state index in [9.17, 15) is 4.39 Å². The highest BCUT2D eigenvalue weighted by Crippen LogP contribution is 2.24. The molecule has 0 aliphatic rings. The number of nitrogen functional groups attached to an aromatic ring is 1. The number of hydrogen-bond donors (Lipinski definition) is 1. The molecule has 0 bridgehead atoms. The van der Waals surface area contributed by atoms with Crippen molar-refractivity contribution in [1.82, 2.24) is 5.16 Å². The molecule has 0 radical (unpaired) electrons. The van der Waals surface area contributed by atoms with E-state index in [4.69, 9.17) is 10.3 Å². The van der Waals surface area contributed by atoms with Crippen LogP contribution in [0, 0.1) is 5.82 Å². The molecule has 0 amide bonds. The summed E-state index contributed by atoms with van der Waals surface area (Å²) in [4.78, 5) is 0. The van der Waals surface area contributed by atoms with Crippen molar-refractivity contribution in [3.8, 4) is 11.3 Å². The Morgan fingerprint density at radius 1 is 1.23 bits per heavy atom. The molecule has 3 nitrogen and oxygen atoms in total. The van der Waals surface area contributed by atoms with Gasteiger partial charge in [-0.3, -0.25) is 0 Å². The molecule has 13 heavy (non-hydrogen) atoms. The molecule has 0 fully saturated rings. The van der Waals surface area contributed by atoms with Crippen molar-refractivity contribution in [3.05, 3.63) is 36.3 Å². The van der Waals surface area contributed by atoms with Gasteiger partial charge in [-0.1, -0.05) is 5.16 Å². The second-order valence-corrected chi connectivity index (χ2v) is 2.62. The Morgan fingerprint density at radius 2 is 1.92 bits per heavy atom. The van der Waals surface area contributed by atoms with Crippen molar-refractivity contribution < 1.29 is 8.91 Å². The first-order valence-corrected chi connectivity index (χ1v) is 3.73. The molecule has 2 rings (SSSR count). The van der Waals surface area contributed by atoms with Crippen LogP contribution in [0.4, 0.5) is 10.1 Å². The summed E-state index contributed by atoms with van der Waals surface area (Å²) in [6, 6.07) is 5.87. The third kappa shape index (κ3) is 1.38. The van der Waals surface area contributed by atoms with Crippen molar-refractivity contribution in [2.75, 3.05) is 5.73 Å². The topological polar surface area (TPSA) is 52.0 Å². The lowest BCUT2D eigenvalue weighted by molar-refractivity contribution is 0.432. The van der Waals surface area contributed by atoms with E-state index in [1.807, 2.05) is 0 Å². The van der Waals surface area contributed by atoms with Crippen LogP contribution >= 0.6 is 0 Å². The fourth-order valence-corrected chi connectivity index (χ4v) is 1.07. The zero-order valence-electron chi connectivity index (χ0n) is 6.70. The van der Waals surface area contributed by atoms with Gasteiger partial charge in [-0.25, -0.2) is 4.39 Å². The predicted molar refractivity (Wildman–Crippen MR) is 46.3 cm³/mol. The van der Waals surface area contributed by atoms with Gasteiger partial charge in [-0.15, -0.1) is 0 Å². The lowest BCUT2D eigenvalue weighted by Crippen LogP contribution is -1.84. The van der Waals surface area contributed by atoms with E-state index in [2.05, 4.69) is 5.16 Å². The molecule has 4 heteroatoms. The van der Waals surface area contributed by atoms with Crippen molar-refractivity contribution >= 4 is 5.69 Å². The van der Waals surface area contributed by atoms with Crippen LogP contribution in [-0.2, 0) is 0 Å². The van der Waals surface area contributed by atoms with Gasteiger partial charge in [0.1, 0.15) is 11.5 Å². The summed E-state index contributed by atoms with van der Waals surface area (Å²) in [6.07, 6.45) is 1.42. The second-order valence-electron chi connectivity index (χ2n) is 2.62. The average molecular weight is 178 g/mol. The predicted octanol–water partition coefficient (Wildman–Crippen LogP) is 2.06. The van der Waals surface area contributed by atoms with Gasteiger partial charge in [0.05, 0.1) is 6.20 Å². The van der Waals surface area contributed by atoms with E-state index in [1.54, 1.807) is 12.1 Å². The van der Waals surface area contributed by atoms with Crippen LogP contribution in [0.2, 0.25) is 0 Å². The normalized spacial score (nSPS) is 10.2. The molecule has 1 aromatic carbocycles. The molecule has 0 aliphatic carbocycles. The van der Waals surface area contributed by atoms with Crippen LogP contribution in [0.3, 0.4) is 0 Å². The zero-order valence-corrected chi connectivity index (χ0v) is 6.70. The van der Waals surface area contributed by atoms with E-state index in [-0.39, 0.29) is 5.82 Å². The molecule has 0 unspecified atom stereocenters. The van der Waals surface area contributed by atoms with Crippen LogP contribution in [-0.4, -0.2) is 5.16 Å². The number of nitrogens with zero attached hydrogens (tertiary/aromatic N) is 1. The zero-order chi connectivity index (χ0) is 9.26. The Kier molecular flexibility index (Phi) is 1.73. The van der Waals surface area contributed by atoms with E-state index in [0.717, 1.165) is 5.56 Å². The van der Waals surface area contributed by atoms with Crippen LogP contribution in [0.1, 0.15) is 0 Å². The molecule has 0 saturated heterocycles. The van der Waals surface area contributed by atoms with Crippen LogP contribution in [0.5, 0.6) is 0 Å². The van der Waals surface area contributed by atoms with Gasteiger partial charge in [0, 0.05) is 5.56 Å². The first kappa shape index (κ1) is 7.79. The van der Waals surface area contributed by atoms with Gasteiger partial charge < -0.3 is 10.3 Å². The minimum absolute atomic E-state index is 0.290. The van der Waals surface area contributed by atoms with Crippen LogP contribution in [0.15, 0.2) is 35.0 Å². The summed E-state index contributed by atoms with van der Waals surface area (Å²) in [5, 5.41) is 3.53. The van der Waals surface area contributed by atoms with E-state index < -0.39 is 0 Å². The van der Waals surface area contributed by atoms with E-state index >= 15 is 0 Å². The molecule has 1 heterocycles. The first-order valence-electron chi connectivity index (χ1n) is 3.73. The lowest BCUT2D eigenvalue weighted by Gasteiger charge is -1.95. The highest BCUT2D eigenvalue weighted by molar-refractivity contribution is 5.69. The number of halogens is 1. The maximum Gasteiger partial charge on any atom is 0.189 e. The average Bonchev–Trinajstić information content (AvgIpc) is 2.53. The molecular weight excluding hydrogens is 171 g/mol. The monoisotopic (exact) mass is 178 g/mol. The molecule has 1 aromatic heterocycles. The summed E-state index contributed by atoms with van der Waals surface area (Å²) in [5.41, 5.74) is 6.73. The Labute approximate surface area is 74.0 Å². The molecule has 0 atom stereocenters. The van der Waals surface area contributed by atoms with Gasteiger partial charge in [0.25, 0.3) is 0 Å². The third-order valence-electron chi connectivity index (χ3n) is 1.70. The SMILES string of the molecule is Nc1cnoc1-c1ccc(F)cc1. The molecule has 0 spiro atoms. The molecule has 0 saturated carbocycles. The number of rotatable bonds is 1. The van der Waals surface area contributed by atoms with Crippen molar-refractivity contribution in [2.24, 2.45) is 0 Å². The quantitative estimate of drug-likeness (QED) is 0.727. The Bertz CT molecular complexity index is 408. The summed E-state index contributed by atoms with van der Waals surface area (Å²) >= 11 is 0. The lowest BCUT2D eigenvalue weighted by atomic mass is 10.1. The standard InChI is InChI=1S/C9H7FN2O/c10-7-3-1-6(2-4-7)9-8(11)5-12-13-9/h1-5H,11H2. The molecule has 66 valence electrons. The largest absolute Gasteiger partial charge is 0.394 e. The summed E-state index contributed by atoms with van der Waals surface area (Å²) in [7, 11) is 0. The molecule has 0 aliphatic heterocycles. The van der Waals surface area contributed by atoms with Crippen LogP contribution in [0.25, 0.3) is 11.3 Å². The highest BCUT2D eigenvalue weighted by Gasteiger charge is 2.06. The number of nitrogens with two attached hydrogens (primary N) is 1. The fourth-order valence-electron chi connectivity index (χ4n) is 1.07. The van der Waals surface area contributed by atoms with Gasteiger partial charge in [0.15, 0.2) is 5.76 Å². The maximum absolute atomic E-state index is 12.6. The highest BCUT2D eigenvalue weighted by atomic mass is 19.1.